The van der Waals surface area contributed by atoms with Gasteiger partial charge in [0.2, 0.25) is 5.95 Å². The van der Waals surface area contributed by atoms with Crippen molar-refractivity contribution in [2.75, 3.05) is 17.7 Å². The number of hydrogen-bond donors (Lipinski definition) is 2. The number of rotatable bonds is 3. The van der Waals surface area contributed by atoms with Crippen LogP contribution in [-0.4, -0.2) is 17.0 Å². The van der Waals surface area contributed by atoms with Crippen molar-refractivity contribution in [2.24, 2.45) is 0 Å². The molecule has 2 N–H and O–H groups in total. The normalized spacial score (nSPS) is 9.67. The molecule has 0 amide bonds. The summed E-state index contributed by atoms with van der Waals surface area (Å²) in [6.07, 6.45) is 1.71. The Morgan fingerprint density at radius 3 is 2.60 bits per heavy atom. The minimum atomic E-state index is 0.591. The molecule has 0 saturated carbocycles. The predicted octanol–water partition coefficient (Wildman–Crippen LogP) is 2.26. The van der Waals surface area contributed by atoms with Crippen LogP contribution >= 0.6 is 0 Å². The van der Waals surface area contributed by atoms with E-state index in [0.717, 1.165) is 11.5 Å². The van der Waals surface area contributed by atoms with Crippen LogP contribution in [0.2, 0.25) is 0 Å². The Morgan fingerprint density at radius 1 is 1.07 bits per heavy atom. The number of nitrogens with one attached hydrogen (secondary N) is 2. The van der Waals surface area contributed by atoms with Gasteiger partial charge in [-0.3, -0.25) is 0 Å². The van der Waals surface area contributed by atoms with E-state index in [2.05, 4.69) is 20.6 Å². The van der Waals surface area contributed by atoms with Gasteiger partial charge in [0.15, 0.2) is 0 Å². The molecular formula is C11H12N4. The Labute approximate surface area is 88.4 Å². The molecule has 1 aromatic carbocycles. The van der Waals surface area contributed by atoms with Crippen LogP contribution in [0, 0.1) is 0 Å². The highest BCUT2D eigenvalue weighted by molar-refractivity contribution is 5.54. The number of aromatic nitrogens is 2. The molecule has 0 spiro atoms. The van der Waals surface area contributed by atoms with E-state index in [0.29, 0.717) is 5.95 Å². The van der Waals surface area contributed by atoms with Gasteiger partial charge in [-0.2, -0.15) is 4.98 Å². The highest BCUT2D eigenvalue weighted by Crippen LogP contribution is 2.12. The van der Waals surface area contributed by atoms with Crippen LogP contribution < -0.4 is 10.6 Å². The first-order valence-corrected chi connectivity index (χ1v) is 4.71. The summed E-state index contributed by atoms with van der Waals surface area (Å²) in [5, 5.41) is 6.08. The maximum atomic E-state index is 4.25. The van der Waals surface area contributed by atoms with Crippen molar-refractivity contribution in [1.29, 1.82) is 0 Å². The molecular weight excluding hydrogens is 188 g/mol. The molecule has 1 heterocycles. The van der Waals surface area contributed by atoms with Crippen LogP contribution in [-0.2, 0) is 0 Å². The fraction of sp³-hybridized carbons (Fsp3) is 0.0909. The van der Waals surface area contributed by atoms with E-state index in [1.54, 1.807) is 6.20 Å². The van der Waals surface area contributed by atoms with Gasteiger partial charge in [-0.1, -0.05) is 18.2 Å². The predicted molar refractivity (Wildman–Crippen MR) is 61.3 cm³/mol. The average Bonchev–Trinajstić information content (AvgIpc) is 2.31. The van der Waals surface area contributed by atoms with E-state index >= 15 is 0 Å². The van der Waals surface area contributed by atoms with E-state index in [1.165, 1.54) is 0 Å². The fourth-order valence-electron chi connectivity index (χ4n) is 1.21. The minimum Gasteiger partial charge on any atom is -0.373 e. The summed E-state index contributed by atoms with van der Waals surface area (Å²) < 4.78 is 0. The summed E-state index contributed by atoms with van der Waals surface area (Å²) in [7, 11) is 1.83. The molecule has 2 aromatic rings. The van der Waals surface area contributed by atoms with Crippen LogP contribution in [0.5, 0.6) is 0 Å². The highest BCUT2D eigenvalue weighted by atomic mass is 15.1. The van der Waals surface area contributed by atoms with E-state index in [1.807, 2.05) is 43.4 Å². The second-order valence-electron chi connectivity index (χ2n) is 3.01. The third-order valence-corrected chi connectivity index (χ3v) is 1.94. The zero-order chi connectivity index (χ0) is 10.5. The molecule has 1 aromatic heterocycles. The minimum absolute atomic E-state index is 0.591. The number of anilines is 3. The van der Waals surface area contributed by atoms with Crippen LogP contribution in [0.15, 0.2) is 42.6 Å². The maximum Gasteiger partial charge on any atom is 0.229 e. The van der Waals surface area contributed by atoms with E-state index in [4.69, 9.17) is 0 Å². The van der Waals surface area contributed by atoms with Crippen molar-refractivity contribution in [1.82, 2.24) is 9.97 Å². The molecule has 4 heteroatoms. The third-order valence-electron chi connectivity index (χ3n) is 1.94. The number of benzene rings is 1. The maximum absolute atomic E-state index is 4.25. The standard InChI is InChI=1S/C11H12N4/c1-12-10-7-8-13-11(15-10)14-9-5-3-2-4-6-9/h2-8H,1H3,(H2,12,13,14,15). The molecule has 0 unspecified atom stereocenters. The quantitative estimate of drug-likeness (QED) is 0.798. The van der Waals surface area contributed by atoms with Gasteiger partial charge < -0.3 is 10.6 Å². The first-order chi connectivity index (χ1) is 7.38. The summed E-state index contributed by atoms with van der Waals surface area (Å²) in [4.78, 5) is 8.37. The number of para-hydroxylation sites is 1. The molecule has 0 aliphatic heterocycles. The number of hydrogen-bond acceptors (Lipinski definition) is 4. The Morgan fingerprint density at radius 2 is 1.87 bits per heavy atom. The smallest absolute Gasteiger partial charge is 0.229 e. The molecule has 0 radical (unpaired) electrons. The second kappa shape index (κ2) is 4.41. The van der Waals surface area contributed by atoms with Crippen molar-refractivity contribution in [3.63, 3.8) is 0 Å². The van der Waals surface area contributed by atoms with E-state index in [-0.39, 0.29) is 0 Å². The molecule has 0 fully saturated rings. The van der Waals surface area contributed by atoms with Gasteiger partial charge in [0, 0.05) is 18.9 Å². The molecule has 0 aliphatic rings. The lowest BCUT2D eigenvalue weighted by Crippen LogP contribution is -1.99. The summed E-state index contributed by atoms with van der Waals surface area (Å²) in [6, 6.07) is 11.6. The molecule has 0 bridgehead atoms. The average molecular weight is 200 g/mol. The van der Waals surface area contributed by atoms with Gasteiger partial charge in [-0.05, 0) is 18.2 Å². The molecule has 0 atom stereocenters. The second-order valence-corrected chi connectivity index (χ2v) is 3.01. The van der Waals surface area contributed by atoms with Gasteiger partial charge in [-0.25, -0.2) is 4.98 Å². The van der Waals surface area contributed by atoms with Crippen LogP contribution in [0.4, 0.5) is 17.5 Å². The summed E-state index contributed by atoms with van der Waals surface area (Å²) in [5.74, 6) is 1.39. The van der Waals surface area contributed by atoms with Crippen molar-refractivity contribution >= 4 is 17.5 Å². The van der Waals surface area contributed by atoms with Gasteiger partial charge in [0.1, 0.15) is 5.82 Å². The lowest BCUT2D eigenvalue weighted by atomic mass is 10.3. The number of nitrogens with zero attached hydrogens (tertiary/aromatic N) is 2. The van der Waals surface area contributed by atoms with Gasteiger partial charge >= 0.3 is 0 Å². The largest absolute Gasteiger partial charge is 0.373 e. The van der Waals surface area contributed by atoms with Gasteiger partial charge in [0.05, 0.1) is 0 Å². The summed E-state index contributed by atoms with van der Waals surface area (Å²) >= 11 is 0. The van der Waals surface area contributed by atoms with Crippen LogP contribution in [0.25, 0.3) is 0 Å². The van der Waals surface area contributed by atoms with Crippen molar-refractivity contribution < 1.29 is 0 Å². The Bertz CT molecular complexity index is 428. The third kappa shape index (κ3) is 2.43. The Balaban J connectivity index is 2.17. The lowest BCUT2D eigenvalue weighted by molar-refractivity contribution is 1.16. The fourth-order valence-corrected chi connectivity index (χ4v) is 1.21. The summed E-state index contributed by atoms with van der Waals surface area (Å²) in [6.45, 7) is 0. The van der Waals surface area contributed by atoms with Crippen molar-refractivity contribution in [3.8, 4) is 0 Å². The van der Waals surface area contributed by atoms with Crippen molar-refractivity contribution in [3.05, 3.63) is 42.6 Å². The first kappa shape index (κ1) is 9.45. The van der Waals surface area contributed by atoms with Gasteiger partial charge in [-0.15, -0.1) is 0 Å². The lowest BCUT2D eigenvalue weighted by Gasteiger charge is -2.05. The molecule has 2 rings (SSSR count). The van der Waals surface area contributed by atoms with Crippen LogP contribution in [0.3, 0.4) is 0 Å². The molecule has 15 heavy (non-hydrogen) atoms. The molecule has 0 saturated heterocycles. The molecule has 4 nitrogen and oxygen atoms in total. The molecule has 76 valence electrons. The zero-order valence-corrected chi connectivity index (χ0v) is 8.44. The highest BCUT2D eigenvalue weighted by Gasteiger charge is 1.97. The monoisotopic (exact) mass is 200 g/mol. The van der Waals surface area contributed by atoms with E-state index in [9.17, 15) is 0 Å². The Kier molecular flexibility index (Phi) is 2.78. The van der Waals surface area contributed by atoms with Crippen molar-refractivity contribution in [2.45, 2.75) is 0 Å². The van der Waals surface area contributed by atoms with Crippen LogP contribution in [0.1, 0.15) is 0 Å². The van der Waals surface area contributed by atoms with Gasteiger partial charge in [0.25, 0.3) is 0 Å². The molecule has 0 aliphatic carbocycles. The first-order valence-electron chi connectivity index (χ1n) is 4.71. The zero-order valence-electron chi connectivity index (χ0n) is 8.44. The van der Waals surface area contributed by atoms with E-state index < -0.39 is 0 Å². The SMILES string of the molecule is CNc1ccnc(Nc2ccccc2)n1. The topological polar surface area (TPSA) is 49.8 Å². The Hall–Kier alpha value is -2.10. The summed E-state index contributed by atoms with van der Waals surface area (Å²) in [5.41, 5.74) is 0.978.